The second-order valence-corrected chi connectivity index (χ2v) is 12.4. The van der Waals surface area contributed by atoms with E-state index in [4.69, 9.17) is 9.47 Å². The molecule has 0 aliphatic carbocycles. The first-order valence-corrected chi connectivity index (χ1v) is 17.3. The van der Waals surface area contributed by atoms with Crippen LogP contribution in [0, 0.1) is 5.92 Å². The number of aliphatic hydroxyl groups excluding tert-OH is 2. The minimum absolute atomic E-state index is 0.000508. The first kappa shape index (κ1) is 35.9. The molecule has 0 bridgehead atoms. The number of aliphatic hydroxyl groups is 2. The van der Waals surface area contributed by atoms with Gasteiger partial charge in [-0.05, 0) is 86.2 Å². The molecule has 10 nitrogen and oxygen atoms in total. The van der Waals surface area contributed by atoms with Gasteiger partial charge < -0.3 is 25.0 Å². The lowest BCUT2D eigenvalue weighted by Crippen LogP contribution is -2.49. The number of amides is 1. The molecule has 2 unspecified atom stereocenters. The van der Waals surface area contributed by atoms with Crippen LogP contribution in [0.5, 0.6) is 5.75 Å². The van der Waals surface area contributed by atoms with Crippen molar-refractivity contribution in [2.75, 3.05) is 38.4 Å². The van der Waals surface area contributed by atoms with Gasteiger partial charge in [-0.1, -0.05) is 66.8 Å². The van der Waals surface area contributed by atoms with Gasteiger partial charge >= 0.3 is 0 Å². The summed E-state index contributed by atoms with van der Waals surface area (Å²) in [6.07, 6.45) is 8.88. The molecule has 1 aliphatic rings. The van der Waals surface area contributed by atoms with Crippen LogP contribution in [-0.4, -0.2) is 70.6 Å². The molecular weight excluding hydrogens is 618 g/mol. The number of anilines is 2. The summed E-state index contributed by atoms with van der Waals surface area (Å²) in [6, 6.07) is 23.4. The maximum absolute atomic E-state index is 13.8. The molecule has 1 amide bonds. The molecule has 260 valence electrons. The van der Waals surface area contributed by atoms with E-state index in [-0.39, 0.29) is 43.1 Å². The number of methoxy groups -OCH3 is 1. The zero-order chi connectivity index (χ0) is 34.6. The van der Waals surface area contributed by atoms with Gasteiger partial charge in [0.15, 0.2) is 0 Å². The van der Waals surface area contributed by atoms with Gasteiger partial charge in [0.25, 0.3) is 0 Å². The summed E-state index contributed by atoms with van der Waals surface area (Å²) in [5.74, 6) is 0.690. The van der Waals surface area contributed by atoms with E-state index in [1.165, 1.54) is 0 Å². The second kappa shape index (κ2) is 17.9. The lowest BCUT2D eigenvalue weighted by molar-refractivity contribution is -0.120. The summed E-state index contributed by atoms with van der Waals surface area (Å²) >= 11 is 0. The Labute approximate surface area is 289 Å². The molecule has 3 aromatic carbocycles. The van der Waals surface area contributed by atoms with Crippen molar-refractivity contribution in [1.82, 2.24) is 20.3 Å². The van der Waals surface area contributed by atoms with Crippen molar-refractivity contribution in [2.24, 2.45) is 5.92 Å². The molecule has 4 atom stereocenters. The number of fused-ring (bicyclic) bond motifs is 1. The SMILES string of the molecule is CCOc1ccc2c(c1)CC(NCCCCO)C(=O)N2c1ccc([C@H](OC)[C@@H](C)/C=C/CCn2cc(C(CO)c3ccccc3)nn2)cc1. The van der Waals surface area contributed by atoms with Crippen LogP contribution in [0.3, 0.4) is 0 Å². The first-order chi connectivity index (χ1) is 24.0. The number of aromatic nitrogens is 3. The molecule has 3 N–H and O–H groups in total. The van der Waals surface area contributed by atoms with Crippen molar-refractivity contribution in [2.45, 2.75) is 64.1 Å². The van der Waals surface area contributed by atoms with Crippen molar-refractivity contribution in [1.29, 1.82) is 0 Å². The Kier molecular flexibility index (Phi) is 13.1. The van der Waals surface area contributed by atoms with Crippen LogP contribution in [0.1, 0.15) is 67.5 Å². The predicted octanol–water partition coefficient (Wildman–Crippen LogP) is 5.72. The summed E-state index contributed by atoms with van der Waals surface area (Å²) in [6.45, 7) is 6.10. The first-order valence-electron chi connectivity index (χ1n) is 17.3. The van der Waals surface area contributed by atoms with E-state index in [0.29, 0.717) is 32.5 Å². The topological polar surface area (TPSA) is 122 Å². The molecule has 0 saturated heterocycles. The van der Waals surface area contributed by atoms with Gasteiger partial charge in [-0.3, -0.25) is 14.4 Å². The molecule has 0 fully saturated rings. The Balaban J connectivity index is 1.24. The maximum Gasteiger partial charge on any atom is 0.249 e. The number of nitrogens with one attached hydrogen (secondary N) is 1. The van der Waals surface area contributed by atoms with Crippen molar-refractivity contribution < 1.29 is 24.5 Å². The zero-order valence-electron chi connectivity index (χ0n) is 28.7. The van der Waals surface area contributed by atoms with Gasteiger partial charge in [0.1, 0.15) is 5.75 Å². The minimum Gasteiger partial charge on any atom is -0.494 e. The lowest BCUT2D eigenvalue weighted by Gasteiger charge is -2.35. The molecule has 0 radical (unpaired) electrons. The molecule has 1 aliphatic heterocycles. The van der Waals surface area contributed by atoms with Crippen molar-refractivity contribution >= 4 is 17.3 Å². The number of benzene rings is 3. The molecule has 49 heavy (non-hydrogen) atoms. The number of hydrogen-bond acceptors (Lipinski definition) is 8. The van der Waals surface area contributed by atoms with Crippen molar-refractivity contribution in [3.05, 3.63) is 114 Å². The number of carbonyl (C=O) groups excluding carboxylic acids is 1. The van der Waals surface area contributed by atoms with Gasteiger partial charge in [0.05, 0.1) is 42.7 Å². The highest BCUT2D eigenvalue weighted by Crippen LogP contribution is 2.37. The van der Waals surface area contributed by atoms with E-state index in [1.54, 1.807) is 12.0 Å². The monoisotopic (exact) mass is 667 g/mol. The highest BCUT2D eigenvalue weighted by Gasteiger charge is 2.34. The molecule has 5 rings (SSSR count). The normalized spacial score (nSPS) is 16.5. The van der Waals surface area contributed by atoms with Gasteiger partial charge in [0, 0.05) is 38.1 Å². The molecule has 0 spiro atoms. The maximum atomic E-state index is 13.8. The van der Waals surface area contributed by atoms with Gasteiger partial charge in [0.2, 0.25) is 5.91 Å². The summed E-state index contributed by atoms with van der Waals surface area (Å²) in [5.41, 5.74) is 5.50. The number of unbranched alkanes of at least 4 members (excludes halogenated alkanes) is 1. The Morgan fingerprint density at radius 3 is 2.55 bits per heavy atom. The van der Waals surface area contributed by atoms with Crippen LogP contribution in [0.2, 0.25) is 0 Å². The lowest BCUT2D eigenvalue weighted by atomic mass is 9.94. The Hall–Kier alpha value is -4.35. The number of allylic oxidation sites excluding steroid dienone is 1. The summed E-state index contributed by atoms with van der Waals surface area (Å²) in [4.78, 5) is 15.6. The van der Waals surface area contributed by atoms with Crippen molar-refractivity contribution in [3.63, 3.8) is 0 Å². The van der Waals surface area contributed by atoms with E-state index >= 15 is 0 Å². The number of aryl methyl sites for hydroxylation is 1. The number of carbonyl (C=O) groups is 1. The van der Waals surface area contributed by atoms with Gasteiger partial charge in [-0.25, -0.2) is 0 Å². The van der Waals surface area contributed by atoms with Crippen LogP contribution in [0.4, 0.5) is 11.4 Å². The Morgan fingerprint density at radius 1 is 1.04 bits per heavy atom. The minimum atomic E-state index is -0.372. The number of nitrogens with zero attached hydrogens (tertiary/aromatic N) is 4. The number of hydrogen-bond donors (Lipinski definition) is 3. The summed E-state index contributed by atoms with van der Waals surface area (Å²) < 4.78 is 13.5. The average molecular weight is 668 g/mol. The van der Waals surface area contributed by atoms with Crippen molar-refractivity contribution in [3.8, 4) is 5.75 Å². The third kappa shape index (κ3) is 9.01. The Bertz CT molecular complexity index is 1640. The third-order valence-electron chi connectivity index (χ3n) is 8.99. The molecule has 1 aromatic heterocycles. The highest BCUT2D eigenvalue weighted by molar-refractivity contribution is 6.06. The van der Waals surface area contributed by atoms with Crippen LogP contribution < -0.4 is 15.0 Å². The Morgan fingerprint density at radius 2 is 1.84 bits per heavy atom. The van der Waals surface area contributed by atoms with Crippen LogP contribution in [0.15, 0.2) is 91.1 Å². The van der Waals surface area contributed by atoms with E-state index in [0.717, 1.165) is 52.4 Å². The average Bonchev–Trinajstić information content (AvgIpc) is 3.59. The summed E-state index contributed by atoms with van der Waals surface area (Å²) in [7, 11) is 1.72. The molecule has 4 aromatic rings. The standard InChI is InChI=1S/C39H49N5O5/c1-4-49-33-19-20-37-31(24-33)25-35(40-21-9-11-23-45)39(47)44(37)32-17-15-30(16-18-32)38(48-3)28(2)12-8-10-22-43-26-36(41-42-43)34(27-46)29-13-6-5-7-14-29/h5-8,12-20,24,26,28,34-35,38,40,45-46H,4,9-11,21-23,25,27H2,1-3H3/b12-8+/t28-,34?,35?,38+/m0/s1. The van der Waals surface area contributed by atoms with Gasteiger partial charge in [-0.15, -0.1) is 5.10 Å². The largest absolute Gasteiger partial charge is 0.494 e. The fraction of sp³-hybridized carbons (Fsp3) is 0.410. The molecular formula is C39H49N5O5. The predicted molar refractivity (Wildman–Crippen MR) is 191 cm³/mol. The molecule has 10 heteroatoms. The highest BCUT2D eigenvalue weighted by atomic mass is 16.5. The summed E-state index contributed by atoms with van der Waals surface area (Å²) in [5, 5.41) is 31.2. The third-order valence-corrected chi connectivity index (χ3v) is 8.99. The van der Waals surface area contributed by atoms with Gasteiger partial charge in [-0.2, -0.15) is 0 Å². The van der Waals surface area contributed by atoms with E-state index in [2.05, 4.69) is 34.7 Å². The second-order valence-electron chi connectivity index (χ2n) is 12.4. The quantitative estimate of drug-likeness (QED) is 0.0910. The number of rotatable bonds is 18. The fourth-order valence-electron chi connectivity index (χ4n) is 6.44. The van der Waals surface area contributed by atoms with Crippen LogP contribution in [0.25, 0.3) is 0 Å². The van der Waals surface area contributed by atoms with Crippen LogP contribution >= 0.6 is 0 Å². The smallest absolute Gasteiger partial charge is 0.249 e. The zero-order valence-corrected chi connectivity index (χ0v) is 28.7. The van der Waals surface area contributed by atoms with Crippen LogP contribution in [-0.2, 0) is 22.5 Å². The molecule has 2 heterocycles. The van der Waals surface area contributed by atoms with E-state index < -0.39 is 0 Å². The number of ether oxygens (including phenoxy) is 2. The fourth-order valence-corrected chi connectivity index (χ4v) is 6.44. The van der Waals surface area contributed by atoms with E-state index in [9.17, 15) is 15.0 Å². The van der Waals surface area contributed by atoms with E-state index in [1.807, 2.05) is 90.6 Å². The molecule has 0 saturated carbocycles.